The third-order valence-electron chi connectivity index (χ3n) is 1.85. The molecule has 0 aliphatic carbocycles. The zero-order valence-corrected chi connectivity index (χ0v) is 9.29. The van der Waals surface area contributed by atoms with Crippen LogP contribution in [0.4, 0.5) is 0 Å². The van der Waals surface area contributed by atoms with Gasteiger partial charge in [-0.2, -0.15) is 0 Å². The van der Waals surface area contributed by atoms with Crippen LogP contribution in [0.3, 0.4) is 0 Å². The maximum absolute atomic E-state index is 11.6. The summed E-state index contributed by atoms with van der Waals surface area (Å²) < 4.78 is 0. The SMILES string of the molecule is C=CCC(C)NC(=O)c1cc(Cl)ccn1. The summed E-state index contributed by atoms with van der Waals surface area (Å²) in [6.07, 6.45) is 4.00. The third-order valence-corrected chi connectivity index (χ3v) is 2.09. The van der Waals surface area contributed by atoms with Gasteiger partial charge in [-0.25, -0.2) is 0 Å². The van der Waals surface area contributed by atoms with E-state index in [0.29, 0.717) is 10.7 Å². The van der Waals surface area contributed by atoms with Crippen molar-refractivity contribution in [2.24, 2.45) is 0 Å². The van der Waals surface area contributed by atoms with Crippen molar-refractivity contribution in [2.75, 3.05) is 0 Å². The van der Waals surface area contributed by atoms with Crippen LogP contribution in [-0.4, -0.2) is 16.9 Å². The number of nitrogens with one attached hydrogen (secondary N) is 1. The second-order valence-electron chi connectivity index (χ2n) is 3.26. The van der Waals surface area contributed by atoms with Crippen LogP contribution in [0.1, 0.15) is 23.8 Å². The van der Waals surface area contributed by atoms with Crippen LogP contribution >= 0.6 is 11.6 Å². The normalized spacial score (nSPS) is 11.9. The second kappa shape index (κ2) is 5.51. The number of carbonyl (C=O) groups excluding carboxylic acids is 1. The van der Waals surface area contributed by atoms with Crippen LogP contribution in [0.15, 0.2) is 31.0 Å². The number of pyridine rings is 1. The molecule has 1 aromatic heterocycles. The van der Waals surface area contributed by atoms with Crippen molar-refractivity contribution < 1.29 is 4.79 Å². The van der Waals surface area contributed by atoms with Gasteiger partial charge in [0.1, 0.15) is 5.69 Å². The van der Waals surface area contributed by atoms with Crippen LogP contribution in [0.5, 0.6) is 0 Å². The average Bonchev–Trinajstić information content (AvgIpc) is 2.18. The Kier molecular flexibility index (Phi) is 4.31. The number of aromatic nitrogens is 1. The molecule has 3 nitrogen and oxygen atoms in total. The van der Waals surface area contributed by atoms with Crippen LogP contribution < -0.4 is 5.32 Å². The zero-order valence-electron chi connectivity index (χ0n) is 8.53. The molecule has 0 radical (unpaired) electrons. The van der Waals surface area contributed by atoms with Gasteiger partial charge < -0.3 is 5.32 Å². The Labute approximate surface area is 94.2 Å². The maximum Gasteiger partial charge on any atom is 0.270 e. The van der Waals surface area contributed by atoms with Gasteiger partial charge in [0.25, 0.3) is 5.91 Å². The smallest absolute Gasteiger partial charge is 0.270 e. The molecule has 4 heteroatoms. The molecule has 0 aromatic carbocycles. The minimum absolute atomic E-state index is 0.0516. The van der Waals surface area contributed by atoms with Gasteiger partial charge in [-0.05, 0) is 25.5 Å². The summed E-state index contributed by atoms with van der Waals surface area (Å²) in [5.41, 5.74) is 0.332. The molecule has 1 heterocycles. The van der Waals surface area contributed by atoms with E-state index < -0.39 is 0 Å². The first kappa shape index (κ1) is 11.7. The van der Waals surface area contributed by atoms with Crippen molar-refractivity contribution in [3.8, 4) is 0 Å². The predicted molar refractivity (Wildman–Crippen MR) is 61.0 cm³/mol. The highest BCUT2D eigenvalue weighted by atomic mass is 35.5. The zero-order chi connectivity index (χ0) is 11.3. The van der Waals surface area contributed by atoms with E-state index in [1.807, 2.05) is 6.92 Å². The van der Waals surface area contributed by atoms with Gasteiger partial charge in [0.05, 0.1) is 0 Å². The van der Waals surface area contributed by atoms with Crippen LogP contribution in [0, 0.1) is 0 Å². The minimum Gasteiger partial charge on any atom is -0.348 e. The second-order valence-corrected chi connectivity index (χ2v) is 3.69. The average molecular weight is 225 g/mol. The van der Waals surface area contributed by atoms with E-state index in [1.54, 1.807) is 12.1 Å². The molecule has 1 unspecified atom stereocenters. The molecule has 0 saturated carbocycles. The quantitative estimate of drug-likeness (QED) is 0.799. The largest absolute Gasteiger partial charge is 0.348 e. The number of nitrogens with zero attached hydrogens (tertiary/aromatic N) is 1. The lowest BCUT2D eigenvalue weighted by atomic mass is 10.2. The van der Waals surface area contributed by atoms with E-state index in [4.69, 9.17) is 11.6 Å². The Bertz CT molecular complexity index is 365. The maximum atomic E-state index is 11.6. The summed E-state index contributed by atoms with van der Waals surface area (Å²) in [6, 6.07) is 3.22. The van der Waals surface area contributed by atoms with E-state index in [-0.39, 0.29) is 11.9 Å². The van der Waals surface area contributed by atoms with Crippen molar-refractivity contribution in [2.45, 2.75) is 19.4 Å². The highest BCUT2D eigenvalue weighted by Gasteiger charge is 2.09. The lowest BCUT2D eigenvalue weighted by Gasteiger charge is -2.10. The molecule has 0 fully saturated rings. The fourth-order valence-corrected chi connectivity index (χ4v) is 1.30. The van der Waals surface area contributed by atoms with Crippen molar-refractivity contribution in [1.82, 2.24) is 10.3 Å². The number of rotatable bonds is 4. The highest BCUT2D eigenvalue weighted by Crippen LogP contribution is 2.08. The van der Waals surface area contributed by atoms with Crippen LogP contribution in [0.25, 0.3) is 0 Å². The van der Waals surface area contributed by atoms with Gasteiger partial charge in [-0.1, -0.05) is 17.7 Å². The van der Waals surface area contributed by atoms with Gasteiger partial charge >= 0.3 is 0 Å². The number of hydrogen-bond donors (Lipinski definition) is 1. The molecule has 1 N–H and O–H groups in total. The van der Waals surface area contributed by atoms with Gasteiger partial charge in [0.2, 0.25) is 0 Å². The number of amides is 1. The summed E-state index contributed by atoms with van der Waals surface area (Å²) in [7, 11) is 0. The Morgan fingerprint density at radius 2 is 2.53 bits per heavy atom. The summed E-state index contributed by atoms with van der Waals surface area (Å²) in [5.74, 6) is -0.216. The summed E-state index contributed by atoms with van der Waals surface area (Å²) in [4.78, 5) is 15.5. The van der Waals surface area contributed by atoms with Crippen LogP contribution in [-0.2, 0) is 0 Å². The number of carbonyl (C=O) groups is 1. The van der Waals surface area contributed by atoms with Crippen molar-refractivity contribution in [3.05, 3.63) is 41.7 Å². The monoisotopic (exact) mass is 224 g/mol. The molecule has 0 aliphatic heterocycles. The number of hydrogen-bond acceptors (Lipinski definition) is 2. The van der Waals surface area contributed by atoms with Gasteiger partial charge in [0, 0.05) is 17.3 Å². The lowest BCUT2D eigenvalue weighted by molar-refractivity contribution is 0.0935. The molecular formula is C11H13ClN2O. The van der Waals surface area contributed by atoms with Crippen molar-refractivity contribution >= 4 is 17.5 Å². The van der Waals surface area contributed by atoms with Gasteiger partial charge in [0.15, 0.2) is 0 Å². The fraction of sp³-hybridized carbons (Fsp3) is 0.273. The molecule has 1 aromatic rings. The summed E-state index contributed by atoms with van der Waals surface area (Å²) >= 11 is 5.75. The third kappa shape index (κ3) is 3.72. The standard InChI is InChI=1S/C11H13ClN2O/c1-3-4-8(2)14-11(15)10-7-9(12)5-6-13-10/h3,5-8H,1,4H2,2H3,(H,14,15). The first-order valence-electron chi connectivity index (χ1n) is 4.67. The highest BCUT2D eigenvalue weighted by molar-refractivity contribution is 6.30. The number of halogens is 1. The van der Waals surface area contributed by atoms with Crippen molar-refractivity contribution in [3.63, 3.8) is 0 Å². The predicted octanol–water partition coefficient (Wildman–Crippen LogP) is 2.43. The van der Waals surface area contributed by atoms with E-state index in [9.17, 15) is 4.79 Å². The topological polar surface area (TPSA) is 42.0 Å². The van der Waals surface area contributed by atoms with Crippen molar-refractivity contribution in [1.29, 1.82) is 0 Å². The van der Waals surface area contributed by atoms with Gasteiger partial charge in [-0.3, -0.25) is 9.78 Å². The molecular weight excluding hydrogens is 212 g/mol. The summed E-state index contributed by atoms with van der Waals surface area (Å²) in [5, 5.41) is 3.30. The summed E-state index contributed by atoms with van der Waals surface area (Å²) in [6.45, 7) is 5.51. The minimum atomic E-state index is -0.216. The Balaban J connectivity index is 2.65. The lowest BCUT2D eigenvalue weighted by Crippen LogP contribution is -2.32. The fourth-order valence-electron chi connectivity index (χ4n) is 1.14. The molecule has 15 heavy (non-hydrogen) atoms. The van der Waals surface area contributed by atoms with E-state index >= 15 is 0 Å². The molecule has 1 atom stereocenters. The molecule has 0 spiro atoms. The van der Waals surface area contributed by atoms with E-state index in [1.165, 1.54) is 12.3 Å². The first-order valence-corrected chi connectivity index (χ1v) is 5.04. The Hall–Kier alpha value is -1.35. The molecule has 0 saturated heterocycles. The Morgan fingerprint density at radius 1 is 1.80 bits per heavy atom. The van der Waals surface area contributed by atoms with E-state index in [0.717, 1.165) is 6.42 Å². The Morgan fingerprint density at radius 3 is 3.13 bits per heavy atom. The van der Waals surface area contributed by atoms with E-state index in [2.05, 4.69) is 16.9 Å². The molecule has 0 aliphatic rings. The van der Waals surface area contributed by atoms with Gasteiger partial charge in [-0.15, -0.1) is 6.58 Å². The molecule has 80 valence electrons. The first-order chi connectivity index (χ1) is 7.13. The van der Waals surface area contributed by atoms with Crippen LogP contribution in [0.2, 0.25) is 5.02 Å². The molecule has 0 bridgehead atoms. The molecule has 1 rings (SSSR count). The molecule has 1 amide bonds.